The molecule has 4 rings (SSSR count). The Morgan fingerprint density at radius 1 is 1.09 bits per heavy atom. The summed E-state index contributed by atoms with van der Waals surface area (Å²) in [7, 11) is 1.78. The third-order valence-electron chi connectivity index (χ3n) is 6.08. The van der Waals surface area contributed by atoms with Crippen LogP contribution in [0.25, 0.3) is 11.1 Å². The SMILES string of the molecule is CCCN1CCN(C(=O)c2ccn(C)n2)CC(Cc2ccc(-c3ccccc3F)cc2)C1=O. The summed E-state index contributed by atoms with van der Waals surface area (Å²) in [4.78, 5) is 30.0. The van der Waals surface area contributed by atoms with Crippen LogP contribution in [0, 0.1) is 11.7 Å². The van der Waals surface area contributed by atoms with E-state index in [2.05, 4.69) is 5.10 Å². The molecule has 1 fully saturated rings. The van der Waals surface area contributed by atoms with Gasteiger partial charge in [0.15, 0.2) is 0 Å². The summed E-state index contributed by atoms with van der Waals surface area (Å²) in [6.07, 6.45) is 3.13. The molecule has 2 amide bonds. The molecule has 0 bridgehead atoms. The summed E-state index contributed by atoms with van der Waals surface area (Å²) in [6, 6.07) is 16.0. The largest absolute Gasteiger partial charge is 0.341 e. The number of carbonyl (C=O) groups excluding carboxylic acids is 2. The van der Waals surface area contributed by atoms with Gasteiger partial charge in [0.05, 0.1) is 5.92 Å². The van der Waals surface area contributed by atoms with Gasteiger partial charge in [-0.3, -0.25) is 14.3 Å². The van der Waals surface area contributed by atoms with E-state index >= 15 is 0 Å². The fourth-order valence-corrected chi connectivity index (χ4v) is 4.36. The van der Waals surface area contributed by atoms with Gasteiger partial charge in [0.1, 0.15) is 11.5 Å². The van der Waals surface area contributed by atoms with Gasteiger partial charge in [-0.15, -0.1) is 0 Å². The number of hydrogen-bond donors (Lipinski definition) is 0. The third-order valence-corrected chi connectivity index (χ3v) is 6.08. The zero-order chi connectivity index (χ0) is 23.4. The average molecular weight is 449 g/mol. The Labute approximate surface area is 193 Å². The molecular weight excluding hydrogens is 419 g/mol. The molecule has 3 aromatic rings. The van der Waals surface area contributed by atoms with Crippen LogP contribution in [0.15, 0.2) is 60.8 Å². The first-order valence-electron chi connectivity index (χ1n) is 11.4. The summed E-state index contributed by atoms with van der Waals surface area (Å²) in [5.41, 5.74) is 2.72. The minimum absolute atomic E-state index is 0.0753. The second kappa shape index (κ2) is 9.98. The maximum absolute atomic E-state index is 14.1. The van der Waals surface area contributed by atoms with Crippen LogP contribution < -0.4 is 0 Å². The predicted molar refractivity (Wildman–Crippen MR) is 125 cm³/mol. The van der Waals surface area contributed by atoms with Gasteiger partial charge in [-0.1, -0.05) is 49.4 Å². The summed E-state index contributed by atoms with van der Waals surface area (Å²) in [5, 5.41) is 4.24. The van der Waals surface area contributed by atoms with Crippen LogP contribution in [-0.4, -0.2) is 57.6 Å². The average Bonchev–Trinajstić information content (AvgIpc) is 3.20. The van der Waals surface area contributed by atoms with Crippen molar-refractivity contribution in [3.05, 3.63) is 77.9 Å². The Bertz CT molecular complexity index is 1130. The van der Waals surface area contributed by atoms with E-state index in [1.165, 1.54) is 6.07 Å². The minimum atomic E-state index is -0.342. The smallest absolute Gasteiger partial charge is 0.274 e. The van der Waals surface area contributed by atoms with Gasteiger partial charge in [-0.25, -0.2) is 4.39 Å². The number of aryl methyl sites for hydroxylation is 1. The lowest BCUT2D eigenvalue weighted by molar-refractivity contribution is -0.134. The highest BCUT2D eigenvalue weighted by molar-refractivity contribution is 5.93. The fourth-order valence-electron chi connectivity index (χ4n) is 4.36. The number of hydrogen-bond acceptors (Lipinski definition) is 3. The van der Waals surface area contributed by atoms with E-state index < -0.39 is 0 Å². The van der Waals surface area contributed by atoms with Gasteiger partial charge in [-0.2, -0.15) is 5.10 Å². The van der Waals surface area contributed by atoms with Crippen molar-refractivity contribution in [2.45, 2.75) is 19.8 Å². The first kappa shape index (κ1) is 22.7. The van der Waals surface area contributed by atoms with E-state index in [1.54, 1.807) is 41.0 Å². The zero-order valence-corrected chi connectivity index (χ0v) is 19.1. The van der Waals surface area contributed by atoms with E-state index in [1.807, 2.05) is 42.2 Å². The quantitative estimate of drug-likeness (QED) is 0.577. The second-order valence-electron chi connectivity index (χ2n) is 8.53. The maximum atomic E-state index is 14.1. The van der Waals surface area contributed by atoms with E-state index in [4.69, 9.17) is 0 Å². The second-order valence-corrected chi connectivity index (χ2v) is 8.53. The van der Waals surface area contributed by atoms with E-state index in [0.717, 1.165) is 17.5 Å². The molecule has 7 heteroatoms. The molecule has 1 atom stereocenters. The van der Waals surface area contributed by atoms with E-state index in [9.17, 15) is 14.0 Å². The van der Waals surface area contributed by atoms with E-state index in [0.29, 0.717) is 43.9 Å². The van der Waals surface area contributed by atoms with Gasteiger partial charge in [0.2, 0.25) is 5.91 Å². The molecule has 0 spiro atoms. The number of carbonyl (C=O) groups is 2. The molecule has 1 aromatic heterocycles. The predicted octanol–water partition coefficient (Wildman–Crippen LogP) is 3.78. The van der Waals surface area contributed by atoms with Crippen molar-refractivity contribution in [3.63, 3.8) is 0 Å². The molecule has 172 valence electrons. The molecule has 33 heavy (non-hydrogen) atoms. The highest BCUT2D eigenvalue weighted by Gasteiger charge is 2.33. The number of halogens is 1. The number of aromatic nitrogens is 2. The molecule has 6 nitrogen and oxygen atoms in total. The molecule has 1 unspecified atom stereocenters. The van der Waals surface area contributed by atoms with E-state index in [-0.39, 0.29) is 23.5 Å². The van der Waals surface area contributed by atoms with Crippen LogP contribution in [0.1, 0.15) is 29.4 Å². The van der Waals surface area contributed by atoms with Crippen molar-refractivity contribution in [2.75, 3.05) is 26.2 Å². The highest BCUT2D eigenvalue weighted by Crippen LogP contribution is 2.25. The standard InChI is InChI=1S/C26H29FN4O2/c1-3-13-30-15-16-31(26(33)24-12-14-29(2)28-24)18-21(25(30)32)17-19-8-10-20(11-9-19)22-6-4-5-7-23(22)27/h4-12,14,21H,3,13,15-18H2,1-2H3. The summed E-state index contributed by atoms with van der Waals surface area (Å²) in [5.74, 6) is -0.679. The Morgan fingerprint density at radius 2 is 1.85 bits per heavy atom. The van der Waals surface area contributed by atoms with Crippen molar-refractivity contribution in [1.29, 1.82) is 0 Å². The topological polar surface area (TPSA) is 58.4 Å². The van der Waals surface area contributed by atoms with Crippen molar-refractivity contribution in [1.82, 2.24) is 19.6 Å². The Balaban J connectivity index is 1.54. The van der Waals surface area contributed by atoms with Gasteiger partial charge < -0.3 is 9.80 Å². The molecule has 0 aliphatic carbocycles. The van der Waals surface area contributed by atoms with Crippen LogP contribution in [0.4, 0.5) is 4.39 Å². The first-order chi connectivity index (χ1) is 16.0. The zero-order valence-electron chi connectivity index (χ0n) is 19.1. The number of nitrogens with zero attached hydrogens (tertiary/aromatic N) is 4. The molecule has 0 radical (unpaired) electrons. The van der Waals surface area contributed by atoms with Gasteiger partial charge in [-0.05, 0) is 36.1 Å². The minimum Gasteiger partial charge on any atom is -0.341 e. The van der Waals surface area contributed by atoms with Crippen LogP contribution in [0.2, 0.25) is 0 Å². The van der Waals surface area contributed by atoms with Crippen molar-refractivity contribution >= 4 is 11.8 Å². The summed E-state index contributed by atoms with van der Waals surface area (Å²) in [6.45, 7) is 4.08. The number of rotatable bonds is 6. The molecule has 0 N–H and O–H groups in total. The maximum Gasteiger partial charge on any atom is 0.274 e. The van der Waals surface area contributed by atoms with Gasteiger partial charge in [0.25, 0.3) is 5.91 Å². The molecule has 2 aromatic carbocycles. The number of amides is 2. The molecule has 1 aliphatic rings. The highest BCUT2D eigenvalue weighted by atomic mass is 19.1. The van der Waals surface area contributed by atoms with Crippen LogP contribution in [0.5, 0.6) is 0 Å². The summed E-state index contributed by atoms with van der Waals surface area (Å²) < 4.78 is 15.7. The molecule has 1 aliphatic heterocycles. The molecular formula is C26H29FN4O2. The Kier molecular flexibility index (Phi) is 6.87. The van der Waals surface area contributed by atoms with Crippen molar-refractivity contribution in [2.24, 2.45) is 13.0 Å². The molecule has 2 heterocycles. The normalized spacial score (nSPS) is 16.7. The van der Waals surface area contributed by atoms with Gasteiger partial charge in [0, 0.05) is 45.0 Å². The lowest BCUT2D eigenvalue weighted by atomic mass is 9.95. The Hall–Kier alpha value is -3.48. The monoisotopic (exact) mass is 448 g/mol. The van der Waals surface area contributed by atoms with Crippen LogP contribution in [-0.2, 0) is 18.3 Å². The van der Waals surface area contributed by atoms with Crippen LogP contribution in [0.3, 0.4) is 0 Å². The van der Waals surface area contributed by atoms with Gasteiger partial charge >= 0.3 is 0 Å². The number of benzene rings is 2. The molecule has 0 saturated carbocycles. The third kappa shape index (κ3) is 5.13. The molecule has 1 saturated heterocycles. The lowest BCUT2D eigenvalue weighted by Gasteiger charge is -2.23. The van der Waals surface area contributed by atoms with Crippen molar-refractivity contribution in [3.8, 4) is 11.1 Å². The fraction of sp³-hybridized carbons (Fsp3) is 0.346. The Morgan fingerprint density at radius 3 is 2.52 bits per heavy atom. The van der Waals surface area contributed by atoms with Crippen molar-refractivity contribution < 1.29 is 14.0 Å². The van der Waals surface area contributed by atoms with Crippen LogP contribution >= 0.6 is 0 Å². The summed E-state index contributed by atoms with van der Waals surface area (Å²) >= 11 is 0. The first-order valence-corrected chi connectivity index (χ1v) is 11.4. The lowest BCUT2D eigenvalue weighted by Crippen LogP contribution is -2.38.